The van der Waals surface area contributed by atoms with Crippen molar-refractivity contribution < 1.29 is 22.0 Å². The van der Waals surface area contributed by atoms with Crippen LogP contribution < -0.4 is 16.6 Å². The van der Waals surface area contributed by atoms with Crippen LogP contribution in [0.1, 0.15) is 5.56 Å². The predicted molar refractivity (Wildman–Crippen MR) is 64.5 cm³/mol. The van der Waals surface area contributed by atoms with Crippen molar-refractivity contribution in [1.82, 2.24) is 9.97 Å². The molecule has 10 heteroatoms. The maximum Gasteiger partial charge on any atom is 0.416 e. The summed E-state index contributed by atoms with van der Waals surface area (Å²) in [5, 5.41) is 2.13. The second kappa shape index (κ2) is 5.48. The first-order chi connectivity index (χ1) is 9.81. The first-order valence-electron chi connectivity index (χ1n) is 5.44. The number of nitrogens with one attached hydrogen (secondary N) is 2. The van der Waals surface area contributed by atoms with Crippen LogP contribution in [0.3, 0.4) is 0 Å². The molecule has 4 N–H and O–H groups in total. The zero-order valence-corrected chi connectivity index (χ0v) is 10.2. The molecule has 21 heavy (non-hydrogen) atoms. The third-order valence-corrected chi connectivity index (χ3v) is 2.42. The maximum absolute atomic E-state index is 13.5. The maximum atomic E-state index is 13.5. The first-order valence-corrected chi connectivity index (χ1v) is 5.44. The van der Waals surface area contributed by atoms with Crippen LogP contribution in [0.5, 0.6) is 0 Å². The summed E-state index contributed by atoms with van der Waals surface area (Å²) in [5.41, 5.74) is 0.364. The fraction of sp³-hybridized carbons (Fsp3) is 0.0909. The number of alkyl halides is 3. The standard InChI is InChI=1S/C11H8F5N5/c12-6-2-1-5(11(14,15)16)3-8(6)19-9-7(13)4-18-10(20-9)21-17/h1-4H,17H2,(H2,18,19,20,21). The summed E-state index contributed by atoms with van der Waals surface area (Å²) in [6.45, 7) is 0. The average molecular weight is 305 g/mol. The summed E-state index contributed by atoms with van der Waals surface area (Å²) in [4.78, 5) is 6.98. The SMILES string of the molecule is NNc1ncc(F)c(Nc2cc(C(F)(F)F)ccc2F)n1. The quantitative estimate of drug-likeness (QED) is 0.462. The van der Waals surface area contributed by atoms with Crippen molar-refractivity contribution in [2.45, 2.75) is 6.18 Å². The molecular formula is C11H8F5N5. The van der Waals surface area contributed by atoms with E-state index >= 15 is 0 Å². The smallest absolute Gasteiger partial charge is 0.335 e. The summed E-state index contributed by atoms with van der Waals surface area (Å²) < 4.78 is 64.7. The lowest BCUT2D eigenvalue weighted by Crippen LogP contribution is -2.12. The number of hydrogen-bond donors (Lipinski definition) is 3. The van der Waals surface area contributed by atoms with E-state index < -0.39 is 34.9 Å². The van der Waals surface area contributed by atoms with Crippen molar-refractivity contribution >= 4 is 17.5 Å². The monoisotopic (exact) mass is 305 g/mol. The van der Waals surface area contributed by atoms with Gasteiger partial charge in [-0.3, -0.25) is 5.43 Å². The van der Waals surface area contributed by atoms with E-state index in [0.29, 0.717) is 18.2 Å². The highest BCUT2D eigenvalue weighted by atomic mass is 19.4. The van der Waals surface area contributed by atoms with E-state index in [1.807, 2.05) is 5.43 Å². The summed E-state index contributed by atoms with van der Waals surface area (Å²) >= 11 is 0. The van der Waals surface area contributed by atoms with Crippen LogP contribution in [-0.2, 0) is 6.18 Å². The fourth-order valence-electron chi connectivity index (χ4n) is 1.45. The molecule has 0 saturated carbocycles. The third kappa shape index (κ3) is 3.34. The van der Waals surface area contributed by atoms with Gasteiger partial charge in [0.05, 0.1) is 17.4 Å². The topological polar surface area (TPSA) is 75.9 Å². The average Bonchev–Trinajstić information content (AvgIpc) is 2.42. The minimum absolute atomic E-state index is 0.189. The molecule has 0 unspecified atom stereocenters. The molecule has 0 bridgehead atoms. The lowest BCUT2D eigenvalue weighted by molar-refractivity contribution is -0.137. The van der Waals surface area contributed by atoms with Gasteiger partial charge in [0.1, 0.15) is 5.82 Å². The van der Waals surface area contributed by atoms with E-state index in [4.69, 9.17) is 5.84 Å². The molecule has 112 valence electrons. The number of benzene rings is 1. The molecule has 1 aromatic carbocycles. The summed E-state index contributed by atoms with van der Waals surface area (Å²) in [6.07, 6.45) is -3.92. The van der Waals surface area contributed by atoms with Crippen LogP contribution in [0.2, 0.25) is 0 Å². The largest absolute Gasteiger partial charge is 0.416 e. The van der Waals surface area contributed by atoms with Gasteiger partial charge in [-0.1, -0.05) is 0 Å². The normalized spacial score (nSPS) is 11.3. The van der Waals surface area contributed by atoms with E-state index in [2.05, 4.69) is 15.3 Å². The number of anilines is 3. The van der Waals surface area contributed by atoms with E-state index in [1.165, 1.54) is 0 Å². The van der Waals surface area contributed by atoms with Crippen LogP contribution in [0, 0.1) is 11.6 Å². The van der Waals surface area contributed by atoms with E-state index in [-0.39, 0.29) is 5.95 Å². The molecule has 0 aliphatic heterocycles. The molecule has 0 spiro atoms. The van der Waals surface area contributed by atoms with E-state index in [9.17, 15) is 22.0 Å². The Kier molecular flexibility index (Phi) is 3.89. The number of rotatable bonds is 3. The Hall–Kier alpha value is -2.49. The molecule has 0 aliphatic rings. The Balaban J connectivity index is 2.39. The summed E-state index contributed by atoms with van der Waals surface area (Å²) in [7, 11) is 0. The number of nitrogen functional groups attached to an aromatic ring is 1. The molecular weight excluding hydrogens is 297 g/mol. The lowest BCUT2D eigenvalue weighted by Gasteiger charge is -2.12. The zero-order chi connectivity index (χ0) is 15.6. The predicted octanol–water partition coefficient (Wildman–Crippen LogP) is 2.80. The molecule has 0 aliphatic carbocycles. The zero-order valence-electron chi connectivity index (χ0n) is 10.2. The van der Waals surface area contributed by atoms with Crippen molar-refractivity contribution in [3.8, 4) is 0 Å². The Morgan fingerprint density at radius 2 is 1.81 bits per heavy atom. The van der Waals surface area contributed by atoms with Gasteiger partial charge in [-0.15, -0.1) is 0 Å². The second-order valence-corrected chi connectivity index (χ2v) is 3.85. The van der Waals surface area contributed by atoms with Crippen LogP contribution in [0.15, 0.2) is 24.4 Å². The van der Waals surface area contributed by atoms with Gasteiger partial charge in [-0.05, 0) is 18.2 Å². The molecule has 1 heterocycles. The van der Waals surface area contributed by atoms with Gasteiger partial charge in [0.15, 0.2) is 11.6 Å². The van der Waals surface area contributed by atoms with Crippen molar-refractivity contribution in [2.24, 2.45) is 5.84 Å². The number of nitrogens with zero attached hydrogens (tertiary/aromatic N) is 2. The minimum atomic E-state index is -4.65. The Morgan fingerprint density at radius 3 is 2.43 bits per heavy atom. The van der Waals surface area contributed by atoms with Crippen molar-refractivity contribution in [1.29, 1.82) is 0 Å². The van der Waals surface area contributed by atoms with Gasteiger partial charge < -0.3 is 5.32 Å². The van der Waals surface area contributed by atoms with Gasteiger partial charge in [-0.25, -0.2) is 19.6 Å². The highest BCUT2D eigenvalue weighted by molar-refractivity contribution is 5.59. The minimum Gasteiger partial charge on any atom is -0.335 e. The lowest BCUT2D eigenvalue weighted by atomic mass is 10.2. The van der Waals surface area contributed by atoms with Crippen LogP contribution in [0.4, 0.5) is 39.4 Å². The Labute approximate surface area is 115 Å². The molecule has 0 fully saturated rings. The molecule has 0 radical (unpaired) electrons. The number of nitrogens with two attached hydrogens (primary N) is 1. The van der Waals surface area contributed by atoms with E-state index in [0.717, 1.165) is 6.20 Å². The van der Waals surface area contributed by atoms with E-state index in [1.54, 1.807) is 0 Å². The highest BCUT2D eigenvalue weighted by Gasteiger charge is 2.31. The number of aromatic nitrogens is 2. The Bertz CT molecular complexity index is 658. The van der Waals surface area contributed by atoms with Crippen molar-refractivity contribution in [3.63, 3.8) is 0 Å². The van der Waals surface area contributed by atoms with Gasteiger partial charge >= 0.3 is 6.18 Å². The number of halogens is 5. The molecule has 2 rings (SSSR count). The molecule has 0 amide bonds. The first kappa shape index (κ1) is 14.9. The number of hydrazine groups is 1. The van der Waals surface area contributed by atoms with Crippen LogP contribution in [-0.4, -0.2) is 9.97 Å². The molecule has 0 atom stereocenters. The fourth-order valence-corrected chi connectivity index (χ4v) is 1.45. The van der Waals surface area contributed by atoms with Gasteiger partial charge in [0, 0.05) is 0 Å². The molecule has 2 aromatic rings. The van der Waals surface area contributed by atoms with Gasteiger partial charge in [0.2, 0.25) is 5.95 Å². The van der Waals surface area contributed by atoms with Crippen LogP contribution >= 0.6 is 0 Å². The molecule has 5 nitrogen and oxygen atoms in total. The number of hydrogen-bond acceptors (Lipinski definition) is 5. The Morgan fingerprint density at radius 1 is 1.10 bits per heavy atom. The summed E-state index contributed by atoms with van der Waals surface area (Å²) in [5.74, 6) is 2.34. The van der Waals surface area contributed by atoms with Crippen molar-refractivity contribution in [2.75, 3.05) is 10.7 Å². The molecule has 1 aromatic heterocycles. The van der Waals surface area contributed by atoms with Crippen LogP contribution in [0.25, 0.3) is 0 Å². The van der Waals surface area contributed by atoms with Gasteiger partial charge in [0.25, 0.3) is 0 Å². The second-order valence-electron chi connectivity index (χ2n) is 3.85. The third-order valence-electron chi connectivity index (χ3n) is 2.42. The van der Waals surface area contributed by atoms with Crippen molar-refractivity contribution in [3.05, 3.63) is 41.6 Å². The highest BCUT2D eigenvalue weighted by Crippen LogP contribution is 2.32. The van der Waals surface area contributed by atoms with Gasteiger partial charge in [-0.2, -0.15) is 18.2 Å². The summed E-state index contributed by atoms with van der Waals surface area (Å²) in [6, 6.07) is 1.70. The molecule has 0 saturated heterocycles.